The molecule has 0 bridgehead atoms. The molecule has 0 aliphatic rings. The van der Waals surface area contributed by atoms with Crippen molar-refractivity contribution in [1.29, 1.82) is 0 Å². The Kier molecular flexibility index (Phi) is 3.97. The smallest absolute Gasteiger partial charge is 0.257 e. The van der Waals surface area contributed by atoms with Crippen molar-refractivity contribution in [2.24, 2.45) is 4.99 Å². The summed E-state index contributed by atoms with van der Waals surface area (Å²) < 4.78 is 0. The predicted molar refractivity (Wildman–Crippen MR) is 98.6 cm³/mol. The lowest BCUT2D eigenvalue weighted by Crippen LogP contribution is -2.11. The highest BCUT2D eigenvalue weighted by Crippen LogP contribution is 2.32. The van der Waals surface area contributed by atoms with Crippen LogP contribution in [0.3, 0.4) is 0 Å². The average Bonchev–Trinajstić information content (AvgIpc) is 2.53. The molecular weight excluding hydrogens is 300 g/mol. The lowest BCUT2D eigenvalue weighted by molar-refractivity contribution is 0.472. The van der Waals surface area contributed by atoms with E-state index in [1.807, 2.05) is 30.3 Å². The number of rotatable bonds is 2. The molecule has 0 fully saturated rings. The first-order valence-corrected chi connectivity index (χ1v) is 7.84. The third-order valence-electron chi connectivity index (χ3n) is 3.97. The van der Waals surface area contributed by atoms with Gasteiger partial charge in [0.25, 0.3) is 5.56 Å². The topological polar surface area (TPSA) is 65.5 Å². The third kappa shape index (κ3) is 3.23. The second-order valence-corrected chi connectivity index (χ2v) is 6.85. The molecule has 0 amide bonds. The van der Waals surface area contributed by atoms with E-state index in [1.165, 1.54) is 6.21 Å². The maximum Gasteiger partial charge on any atom is 0.257 e. The standard InChI is InChI=1S/C20H20N2O2/c1-20(2,3)15-8-9-17(18(23)11-15)21-12-14-10-13-6-4-5-7-16(13)22-19(14)24/h4-12,23H,1-3H3,(H,22,24). The maximum atomic E-state index is 12.1. The molecule has 0 radical (unpaired) electrons. The Morgan fingerprint density at radius 3 is 2.54 bits per heavy atom. The highest BCUT2D eigenvalue weighted by atomic mass is 16.3. The van der Waals surface area contributed by atoms with Gasteiger partial charge in [0, 0.05) is 11.7 Å². The molecule has 122 valence electrons. The summed E-state index contributed by atoms with van der Waals surface area (Å²) in [6.45, 7) is 6.25. The number of nitrogens with one attached hydrogen (secondary N) is 1. The van der Waals surface area contributed by atoms with Crippen LogP contribution in [0, 0.1) is 0 Å². The van der Waals surface area contributed by atoms with Crippen LogP contribution in [0.25, 0.3) is 10.9 Å². The second kappa shape index (κ2) is 5.96. The van der Waals surface area contributed by atoms with Gasteiger partial charge in [0.05, 0.1) is 5.56 Å². The van der Waals surface area contributed by atoms with Crippen LogP contribution in [0.5, 0.6) is 5.75 Å². The molecule has 2 aromatic carbocycles. The van der Waals surface area contributed by atoms with Crippen LogP contribution in [0.2, 0.25) is 0 Å². The summed E-state index contributed by atoms with van der Waals surface area (Å²) in [4.78, 5) is 19.2. The number of hydrogen-bond donors (Lipinski definition) is 2. The molecule has 1 aromatic heterocycles. The zero-order valence-electron chi connectivity index (χ0n) is 14.0. The summed E-state index contributed by atoms with van der Waals surface area (Å²) in [6, 6.07) is 14.8. The summed E-state index contributed by atoms with van der Waals surface area (Å²) in [6.07, 6.45) is 1.48. The van der Waals surface area contributed by atoms with Gasteiger partial charge in [-0.15, -0.1) is 0 Å². The molecule has 24 heavy (non-hydrogen) atoms. The van der Waals surface area contributed by atoms with Crippen molar-refractivity contribution in [3.63, 3.8) is 0 Å². The number of aromatic nitrogens is 1. The highest BCUT2D eigenvalue weighted by Gasteiger charge is 2.15. The minimum Gasteiger partial charge on any atom is -0.506 e. The lowest BCUT2D eigenvalue weighted by Gasteiger charge is -2.19. The number of hydrogen-bond acceptors (Lipinski definition) is 3. The second-order valence-electron chi connectivity index (χ2n) is 6.85. The third-order valence-corrected chi connectivity index (χ3v) is 3.97. The number of aliphatic imine (C=N–C) groups is 1. The van der Waals surface area contributed by atoms with E-state index in [0.29, 0.717) is 11.3 Å². The minimum absolute atomic E-state index is 0.0464. The van der Waals surface area contributed by atoms with Crippen molar-refractivity contribution in [2.75, 3.05) is 0 Å². The van der Waals surface area contributed by atoms with Gasteiger partial charge in [-0.2, -0.15) is 0 Å². The van der Waals surface area contributed by atoms with Gasteiger partial charge in [-0.1, -0.05) is 45.0 Å². The van der Waals surface area contributed by atoms with Crippen molar-refractivity contribution in [2.45, 2.75) is 26.2 Å². The van der Waals surface area contributed by atoms with E-state index >= 15 is 0 Å². The molecule has 0 unspecified atom stereocenters. The molecule has 3 rings (SSSR count). The van der Waals surface area contributed by atoms with E-state index in [9.17, 15) is 9.90 Å². The van der Waals surface area contributed by atoms with E-state index < -0.39 is 0 Å². The average molecular weight is 320 g/mol. The van der Waals surface area contributed by atoms with Crippen molar-refractivity contribution < 1.29 is 5.11 Å². The molecule has 0 aliphatic carbocycles. The molecule has 2 N–H and O–H groups in total. The quantitative estimate of drug-likeness (QED) is 0.692. The Morgan fingerprint density at radius 1 is 1.08 bits per heavy atom. The van der Waals surface area contributed by atoms with Gasteiger partial charge in [-0.3, -0.25) is 9.79 Å². The summed E-state index contributed by atoms with van der Waals surface area (Å²) in [5.74, 6) is 0.107. The van der Waals surface area contributed by atoms with Crippen LogP contribution in [0.15, 0.2) is 58.3 Å². The Bertz CT molecular complexity index is 979. The fourth-order valence-corrected chi connectivity index (χ4v) is 2.50. The number of fused-ring (bicyclic) bond motifs is 1. The normalized spacial score (nSPS) is 12.1. The number of nitrogens with zero attached hydrogens (tertiary/aromatic N) is 1. The van der Waals surface area contributed by atoms with Crippen LogP contribution >= 0.6 is 0 Å². The molecule has 0 aliphatic heterocycles. The first-order valence-electron chi connectivity index (χ1n) is 7.84. The fraction of sp³-hybridized carbons (Fsp3) is 0.200. The van der Waals surface area contributed by atoms with E-state index in [1.54, 1.807) is 18.2 Å². The number of phenols is 1. The van der Waals surface area contributed by atoms with Crippen LogP contribution in [-0.4, -0.2) is 16.3 Å². The van der Waals surface area contributed by atoms with Crippen LogP contribution in [0.4, 0.5) is 5.69 Å². The van der Waals surface area contributed by atoms with Gasteiger partial charge >= 0.3 is 0 Å². The van der Waals surface area contributed by atoms with Crippen LogP contribution in [-0.2, 0) is 5.41 Å². The molecule has 0 spiro atoms. The number of para-hydroxylation sites is 1. The van der Waals surface area contributed by atoms with Gasteiger partial charge in [-0.25, -0.2) is 0 Å². The molecular formula is C20H20N2O2. The molecule has 0 saturated heterocycles. The molecule has 4 nitrogen and oxygen atoms in total. The number of pyridine rings is 1. The molecule has 0 atom stereocenters. The van der Waals surface area contributed by atoms with Crippen molar-refractivity contribution >= 4 is 22.8 Å². The Labute approximate surface area is 140 Å². The lowest BCUT2D eigenvalue weighted by atomic mass is 9.87. The van der Waals surface area contributed by atoms with Crippen LogP contribution < -0.4 is 5.56 Å². The largest absolute Gasteiger partial charge is 0.506 e. The first kappa shape index (κ1) is 16.0. The predicted octanol–water partition coefficient (Wildman–Crippen LogP) is 4.28. The summed E-state index contributed by atoms with van der Waals surface area (Å²) in [7, 11) is 0. The number of aromatic hydroxyl groups is 1. The molecule has 3 aromatic rings. The van der Waals surface area contributed by atoms with E-state index in [-0.39, 0.29) is 16.7 Å². The Morgan fingerprint density at radius 2 is 1.83 bits per heavy atom. The molecule has 1 heterocycles. The first-order chi connectivity index (χ1) is 11.3. The van der Waals surface area contributed by atoms with E-state index in [4.69, 9.17) is 0 Å². The van der Waals surface area contributed by atoms with Crippen LogP contribution in [0.1, 0.15) is 31.9 Å². The summed E-state index contributed by atoms with van der Waals surface area (Å²) >= 11 is 0. The van der Waals surface area contributed by atoms with Crippen molar-refractivity contribution in [1.82, 2.24) is 4.98 Å². The highest BCUT2D eigenvalue weighted by molar-refractivity contribution is 5.88. The molecule has 0 saturated carbocycles. The number of H-pyrrole nitrogens is 1. The van der Waals surface area contributed by atoms with Gasteiger partial charge in [0.1, 0.15) is 11.4 Å². The minimum atomic E-state index is -0.205. The SMILES string of the molecule is CC(C)(C)c1ccc(N=Cc2cc3ccccc3[nH]c2=O)c(O)c1. The summed E-state index contributed by atoms with van der Waals surface area (Å²) in [5, 5.41) is 11.1. The van der Waals surface area contributed by atoms with Gasteiger partial charge in [-0.05, 0) is 40.6 Å². The Hall–Kier alpha value is -2.88. The van der Waals surface area contributed by atoms with E-state index in [0.717, 1.165) is 16.5 Å². The van der Waals surface area contributed by atoms with Crippen molar-refractivity contribution in [3.8, 4) is 5.75 Å². The molecule has 4 heteroatoms. The maximum absolute atomic E-state index is 12.1. The van der Waals surface area contributed by atoms with Gasteiger partial charge < -0.3 is 10.1 Å². The number of phenolic OH excluding ortho intramolecular Hbond substituents is 1. The zero-order valence-corrected chi connectivity index (χ0v) is 14.0. The Balaban J connectivity index is 1.97. The zero-order chi connectivity index (χ0) is 17.3. The fourth-order valence-electron chi connectivity index (χ4n) is 2.50. The number of benzene rings is 2. The van der Waals surface area contributed by atoms with Gasteiger partial charge in [0.2, 0.25) is 0 Å². The van der Waals surface area contributed by atoms with Gasteiger partial charge in [0.15, 0.2) is 0 Å². The summed E-state index contributed by atoms with van der Waals surface area (Å²) in [5.41, 5.74) is 2.46. The van der Waals surface area contributed by atoms with E-state index in [2.05, 4.69) is 30.7 Å². The van der Waals surface area contributed by atoms with Crippen molar-refractivity contribution in [3.05, 3.63) is 70.0 Å². The number of aromatic amines is 1. The monoisotopic (exact) mass is 320 g/mol.